The quantitative estimate of drug-likeness (QED) is 0.746. The summed E-state index contributed by atoms with van der Waals surface area (Å²) >= 11 is 6.01. The molecule has 0 spiro atoms. The van der Waals surface area contributed by atoms with Gasteiger partial charge in [-0.1, -0.05) is 23.7 Å². The van der Waals surface area contributed by atoms with Gasteiger partial charge in [-0.15, -0.1) is 0 Å². The topological polar surface area (TPSA) is 52.2 Å². The number of anilines is 1. The Balaban J connectivity index is 1.31. The van der Waals surface area contributed by atoms with Crippen molar-refractivity contribution in [3.05, 3.63) is 58.9 Å². The number of fused-ring (bicyclic) bond motifs is 1. The predicted molar refractivity (Wildman–Crippen MR) is 109 cm³/mol. The predicted octanol–water partition coefficient (Wildman–Crippen LogP) is 3.81. The van der Waals surface area contributed by atoms with Crippen molar-refractivity contribution in [2.75, 3.05) is 31.1 Å². The van der Waals surface area contributed by atoms with Crippen LogP contribution in [0.5, 0.6) is 0 Å². The third-order valence-electron chi connectivity index (χ3n) is 5.07. The smallest absolute Gasteiger partial charge is 0.223 e. The number of aromatic nitrogens is 2. The van der Waals surface area contributed by atoms with E-state index in [0.29, 0.717) is 17.9 Å². The molecule has 1 saturated heterocycles. The molecule has 2 heterocycles. The van der Waals surface area contributed by atoms with Crippen molar-refractivity contribution in [3.63, 3.8) is 0 Å². The van der Waals surface area contributed by atoms with Crippen molar-refractivity contribution in [2.24, 2.45) is 0 Å². The van der Waals surface area contributed by atoms with Crippen LogP contribution in [-0.4, -0.2) is 47.0 Å². The van der Waals surface area contributed by atoms with E-state index in [9.17, 15) is 4.79 Å². The molecule has 0 atom stereocenters. The van der Waals surface area contributed by atoms with Crippen LogP contribution in [-0.2, 0) is 11.2 Å². The molecule has 0 radical (unpaired) electrons. The zero-order valence-corrected chi connectivity index (χ0v) is 16.2. The Kier molecular flexibility index (Phi) is 5.03. The van der Waals surface area contributed by atoms with Crippen LogP contribution in [0.15, 0.2) is 42.5 Å². The van der Waals surface area contributed by atoms with Gasteiger partial charge in [-0.3, -0.25) is 4.79 Å². The fourth-order valence-corrected chi connectivity index (χ4v) is 3.75. The van der Waals surface area contributed by atoms with Gasteiger partial charge < -0.3 is 14.8 Å². The van der Waals surface area contributed by atoms with E-state index in [0.717, 1.165) is 43.0 Å². The standard InChI is InChI=1S/C21H23ClN4O/c1-15-3-2-4-17(13-15)25-9-11-26(12-10-25)21(27)8-7-20-23-18-6-5-16(22)14-19(18)24-20/h2-6,13-14H,7-12H2,1H3,(H,23,24). The average molecular weight is 383 g/mol. The molecule has 5 nitrogen and oxygen atoms in total. The van der Waals surface area contributed by atoms with Crippen LogP contribution in [0.1, 0.15) is 17.8 Å². The van der Waals surface area contributed by atoms with E-state index in [1.165, 1.54) is 11.3 Å². The molecule has 1 aliphatic heterocycles. The Morgan fingerprint density at radius 3 is 2.74 bits per heavy atom. The molecular weight excluding hydrogens is 360 g/mol. The maximum absolute atomic E-state index is 12.6. The first-order valence-electron chi connectivity index (χ1n) is 9.32. The molecule has 3 aromatic rings. The fraction of sp³-hybridized carbons (Fsp3) is 0.333. The first kappa shape index (κ1) is 17.9. The second kappa shape index (κ2) is 7.61. The lowest BCUT2D eigenvalue weighted by atomic mass is 10.2. The van der Waals surface area contributed by atoms with Crippen molar-refractivity contribution < 1.29 is 4.79 Å². The minimum Gasteiger partial charge on any atom is -0.368 e. The number of halogens is 1. The molecule has 0 unspecified atom stereocenters. The Morgan fingerprint density at radius 2 is 1.96 bits per heavy atom. The molecule has 4 rings (SSSR count). The number of rotatable bonds is 4. The number of H-pyrrole nitrogens is 1. The van der Waals surface area contributed by atoms with Crippen molar-refractivity contribution in [1.29, 1.82) is 0 Å². The Hall–Kier alpha value is -2.53. The summed E-state index contributed by atoms with van der Waals surface area (Å²) in [7, 11) is 0. The van der Waals surface area contributed by atoms with E-state index >= 15 is 0 Å². The van der Waals surface area contributed by atoms with Gasteiger partial charge in [0, 0.05) is 49.7 Å². The highest BCUT2D eigenvalue weighted by molar-refractivity contribution is 6.31. The number of aromatic amines is 1. The molecule has 1 amide bonds. The Labute approximate surface area is 163 Å². The van der Waals surface area contributed by atoms with Crippen molar-refractivity contribution in [2.45, 2.75) is 19.8 Å². The molecule has 0 saturated carbocycles. The highest BCUT2D eigenvalue weighted by Crippen LogP contribution is 2.19. The molecule has 6 heteroatoms. The molecule has 0 aliphatic carbocycles. The van der Waals surface area contributed by atoms with Gasteiger partial charge in [-0.05, 0) is 42.8 Å². The normalized spacial score (nSPS) is 14.7. The summed E-state index contributed by atoms with van der Waals surface area (Å²) in [5, 5.41) is 0.681. The van der Waals surface area contributed by atoms with Crippen molar-refractivity contribution in [3.8, 4) is 0 Å². The maximum atomic E-state index is 12.6. The highest BCUT2D eigenvalue weighted by atomic mass is 35.5. The second-order valence-electron chi connectivity index (χ2n) is 7.05. The minimum atomic E-state index is 0.192. The molecule has 1 aliphatic rings. The first-order chi connectivity index (χ1) is 13.1. The molecule has 140 valence electrons. The SMILES string of the molecule is Cc1cccc(N2CCN(C(=O)CCc3nc4ccc(Cl)cc4[nH]3)CC2)c1. The number of benzene rings is 2. The van der Waals surface area contributed by atoms with Crippen LogP contribution in [0, 0.1) is 6.92 Å². The Bertz CT molecular complexity index is 960. The van der Waals surface area contributed by atoms with Gasteiger partial charge in [0.15, 0.2) is 0 Å². The number of nitrogens with one attached hydrogen (secondary N) is 1. The van der Waals surface area contributed by atoms with Crippen LogP contribution < -0.4 is 4.90 Å². The number of aryl methyl sites for hydroxylation is 2. The van der Waals surface area contributed by atoms with Gasteiger partial charge in [0.1, 0.15) is 5.82 Å². The summed E-state index contributed by atoms with van der Waals surface area (Å²) in [5.74, 6) is 1.02. The van der Waals surface area contributed by atoms with Crippen molar-refractivity contribution in [1.82, 2.24) is 14.9 Å². The minimum absolute atomic E-state index is 0.192. The zero-order valence-electron chi connectivity index (χ0n) is 15.4. The number of hydrogen-bond donors (Lipinski definition) is 1. The van der Waals surface area contributed by atoms with Gasteiger partial charge in [-0.2, -0.15) is 0 Å². The largest absolute Gasteiger partial charge is 0.368 e. The number of hydrogen-bond acceptors (Lipinski definition) is 3. The third-order valence-corrected chi connectivity index (χ3v) is 5.30. The summed E-state index contributed by atoms with van der Waals surface area (Å²) in [6, 6.07) is 14.1. The molecule has 27 heavy (non-hydrogen) atoms. The van der Waals surface area contributed by atoms with E-state index in [2.05, 4.69) is 46.1 Å². The van der Waals surface area contributed by atoms with E-state index in [1.54, 1.807) is 0 Å². The Morgan fingerprint density at radius 1 is 1.15 bits per heavy atom. The van der Waals surface area contributed by atoms with Crippen LogP contribution in [0.2, 0.25) is 5.02 Å². The number of piperazine rings is 1. The lowest BCUT2D eigenvalue weighted by Gasteiger charge is -2.36. The zero-order chi connectivity index (χ0) is 18.8. The number of nitrogens with zero attached hydrogens (tertiary/aromatic N) is 3. The lowest BCUT2D eigenvalue weighted by Crippen LogP contribution is -2.48. The number of carbonyl (C=O) groups excluding carboxylic acids is 1. The number of imidazole rings is 1. The maximum Gasteiger partial charge on any atom is 0.223 e. The van der Waals surface area contributed by atoms with E-state index in [-0.39, 0.29) is 5.91 Å². The van der Waals surface area contributed by atoms with Gasteiger partial charge in [0.05, 0.1) is 11.0 Å². The number of amides is 1. The number of carbonyl (C=O) groups is 1. The van der Waals surface area contributed by atoms with E-state index < -0.39 is 0 Å². The molecule has 1 N–H and O–H groups in total. The van der Waals surface area contributed by atoms with E-state index in [1.807, 2.05) is 23.1 Å². The summed E-state index contributed by atoms with van der Waals surface area (Å²) in [6.07, 6.45) is 1.08. The van der Waals surface area contributed by atoms with Crippen LogP contribution in [0.25, 0.3) is 11.0 Å². The van der Waals surface area contributed by atoms with Gasteiger partial charge in [0.25, 0.3) is 0 Å². The van der Waals surface area contributed by atoms with Crippen molar-refractivity contribution >= 4 is 34.2 Å². The summed E-state index contributed by atoms with van der Waals surface area (Å²) in [6.45, 7) is 5.39. The molecule has 1 aromatic heterocycles. The van der Waals surface area contributed by atoms with Gasteiger partial charge in [0.2, 0.25) is 5.91 Å². The third kappa shape index (κ3) is 4.08. The monoisotopic (exact) mass is 382 g/mol. The summed E-state index contributed by atoms with van der Waals surface area (Å²) < 4.78 is 0. The van der Waals surface area contributed by atoms with E-state index in [4.69, 9.17) is 11.6 Å². The molecule has 0 bridgehead atoms. The first-order valence-corrected chi connectivity index (χ1v) is 9.70. The molecular formula is C21H23ClN4O. The fourth-order valence-electron chi connectivity index (χ4n) is 3.58. The lowest BCUT2D eigenvalue weighted by molar-refractivity contribution is -0.131. The van der Waals surface area contributed by atoms with Gasteiger partial charge >= 0.3 is 0 Å². The van der Waals surface area contributed by atoms with Crippen LogP contribution in [0.4, 0.5) is 5.69 Å². The second-order valence-corrected chi connectivity index (χ2v) is 7.49. The van der Waals surface area contributed by atoms with Crippen LogP contribution in [0.3, 0.4) is 0 Å². The summed E-state index contributed by atoms with van der Waals surface area (Å²) in [4.78, 5) is 24.7. The molecule has 1 fully saturated rings. The average Bonchev–Trinajstić information content (AvgIpc) is 3.08. The van der Waals surface area contributed by atoms with Crippen LogP contribution >= 0.6 is 11.6 Å². The molecule has 2 aromatic carbocycles. The highest BCUT2D eigenvalue weighted by Gasteiger charge is 2.21. The van der Waals surface area contributed by atoms with Gasteiger partial charge in [-0.25, -0.2) is 4.98 Å². The summed E-state index contributed by atoms with van der Waals surface area (Å²) in [5.41, 5.74) is 4.30.